The van der Waals surface area contributed by atoms with E-state index in [2.05, 4.69) is 33.7 Å². The molecule has 0 saturated heterocycles. The van der Waals surface area contributed by atoms with Gasteiger partial charge in [0.1, 0.15) is 12.4 Å². The first-order chi connectivity index (χ1) is 7.74. The van der Waals surface area contributed by atoms with Crippen LogP contribution in [-0.2, 0) is 6.54 Å². The number of halogens is 1. The molecule has 2 nitrogen and oxygen atoms in total. The molecule has 0 aromatic heterocycles. The quantitative estimate of drug-likeness (QED) is 0.809. The molecular weight excluding hydrogens is 266 g/mol. The maximum absolute atomic E-state index is 5.43. The highest BCUT2D eigenvalue weighted by molar-refractivity contribution is 9.11. The molecule has 0 spiro atoms. The molecule has 0 aliphatic carbocycles. The Labute approximate surface area is 105 Å². The van der Waals surface area contributed by atoms with E-state index >= 15 is 0 Å². The van der Waals surface area contributed by atoms with E-state index in [4.69, 9.17) is 11.2 Å². The average molecular weight is 280 g/mol. The Kier molecular flexibility index (Phi) is 5.69. The Hall–Kier alpha value is -1.24. The molecule has 1 rings (SSSR count). The number of terminal acetylenes is 1. The minimum absolute atomic E-state index is 0.294. The van der Waals surface area contributed by atoms with Crippen LogP contribution in [0.1, 0.15) is 5.56 Å². The monoisotopic (exact) mass is 279 g/mol. The number of hydrogen-bond acceptors (Lipinski definition) is 2. The van der Waals surface area contributed by atoms with Crippen molar-refractivity contribution in [3.8, 4) is 18.1 Å². The van der Waals surface area contributed by atoms with E-state index in [-0.39, 0.29) is 0 Å². The Morgan fingerprint density at radius 2 is 2.25 bits per heavy atom. The van der Waals surface area contributed by atoms with E-state index in [0.29, 0.717) is 6.61 Å². The van der Waals surface area contributed by atoms with Crippen molar-refractivity contribution in [1.82, 2.24) is 5.32 Å². The standard InChI is InChI=1S/C13H14BrNO/c1-3-8-16-13-7-5-4-6-12(13)10-15-9-11(2)14/h1,4-7,15H,2,8-10H2. The van der Waals surface area contributed by atoms with Crippen molar-refractivity contribution in [2.24, 2.45) is 0 Å². The maximum Gasteiger partial charge on any atom is 0.148 e. The molecule has 0 heterocycles. The van der Waals surface area contributed by atoms with E-state index in [0.717, 1.165) is 28.9 Å². The van der Waals surface area contributed by atoms with Gasteiger partial charge in [0.05, 0.1) is 0 Å². The second-order valence-corrected chi connectivity index (χ2v) is 4.34. The van der Waals surface area contributed by atoms with Crippen molar-refractivity contribution >= 4 is 15.9 Å². The lowest BCUT2D eigenvalue weighted by atomic mass is 10.2. The summed E-state index contributed by atoms with van der Waals surface area (Å²) in [6, 6.07) is 7.83. The summed E-state index contributed by atoms with van der Waals surface area (Å²) in [5.74, 6) is 3.28. The van der Waals surface area contributed by atoms with Crippen molar-refractivity contribution in [1.29, 1.82) is 0 Å². The van der Waals surface area contributed by atoms with Gasteiger partial charge in [-0.25, -0.2) is 0 Å². The van der Waals surface area contributed by atoms with Gasteiger partial charge in [-0.05, 0) is 6.07 Å². The van der Waals surface area contributed by atoms with Crippen molar-refractivity contribution in [2.45, 2.75) is 6.54 Å². The fourth-order valence-electron chi connectivity index (χ4n) is 1.24. The smallest absolute Gasteiger partial charge is 0.148 e. The highest BCUT2D eigenvalue weighted by Crippen LogP contribution is 2.17. The summed E-state index contributed by atoms with van der Waals surface area (Å²) in [6.07, 6.45) is 5.16. The van der Waals surface area contributed by atoms with Crippen LogP contribution in [0, 0.1) is 12.3 Å². The summed E-state index contributed by atoms with van der Waals surface area (Å²) in [5, 5.41) is 3.24. The van der Waals surface area contributed by atoms with Crippen molar-refractivity contribution < 1.29 is 4.74 Å². The topological polar surface area (TPSA) is 21.3 Å². The van der Waals surface area contributed by atoms with Gasteiger partial charge >= 0.3 is 0 Å². The van der Waals surface area contributed by atoms with Crippen molar-refractivity contribution in [3.05, 3.63) is 40.9 Å². The van der Waals surface area contributed by atoms with Gasteiger partial charge in [-0.15, -0.1) is 6.42 Å². The number of benzene rings is 1. The normalized spacial score (nSPS) is 9.50. The lowest BCUT2D eigenvalue weighted by Crippen LogP contribution is -2.15. The predicted octanol–water partition coefficient (Wildman–Crippen LogP) is 2.70. The van der Waals surface area contributed by atoms with Crippen LogP contribution >= 0.6 is 15.9 Å². The van der Waals surface area contributed by atoms with Crippen molar-refractivity contribution in [3.63, 3.8) is 0 Å². The molecule has 0 bridgehead atoms. The molecule has 1 N–H and O–H groups in total. The SMILES string of the molecule is C#CCOc1ccccc1CNCC(=C)Br. The highest BCUT2D eigenvalue weighted by atomic mass is 79.9. The third-order valence-electron chi connectivity index (χ3n) is 1.92. The van der Waals surface area contributed by atoms with E-state index < -0.39 is 0 Å². The van der Waals surface area contributed by atoms with Gasteiger partial charge < -0.3 is 10.1 Å². The average Bonchev–Trinajstić information content (AvgIpc) is 2.27. The van der Waals surface area contributed by atoms with E-state index in [1.807, 2.05) is 24.3 Å². The first-order valence-corrected chi connectivity index (χ1v) is 5.71. The summed E-state index contributed by atoms with van der Waals surface area (Å²) in [6.45, 7) is 5.50. The molecule has 1 aromatic rings. The molecule has 1 aromatic carbocycles. The van der Waals surface area contributed by atoms with Crippen LogP contribution in [0.3, 0.4) is 0 Å². The lowest BCUT2D eigenvalue weighted by molar-refractivity contribution is 0.365. The Morgan fingerprint density at radius 1 is 1.50 bits per heavy atom. The van der Waals surface area contributed by atoms with E-state index in [9.17, 15) is 0 Å². The highest BCUT2D eigenvalue weighted by Gasteiger charge is 2.01. The number of para-hydroxylation sites is 1. The first kappa shape index (κ1) is 12.8. The summed E-state index contributed by atoms with van der Waals surface area (Å²) in [4.78, 5) is 0. The van der Waals surface area contributed by atoms with Crippen LogP contribution in [0.4, 0.5) is 0 Å². The van der Waals surface area contributed by atoms with E-state index in [1.54, 1.807) is 0 Å². The molecule has 0 fully saturated rings. The third-order valence-corrected chi connectivity index (χ3v) is 2.20. The second kappa shape index (κ2) is 7.10. The second-order valence-electron chi connectivity index (χ2n) is 3.22. The predicted molar refractivity (Wildman–Crippen MR) is 70.5 cm³/mol. The lowest BCUT2D eigenvalue weighted by Gasteiger charge is -2.10. The molecule has 3 heteroatoms. The summed E-state index contributed by atoms with van der Waals surface area (Å²) < 4.78 is 6.36. The van der Waals surface area contributed by atoms with Crippen LogP contribution in [0.15, 0.2) is 35.3 Å². The summed E-state index contributed by atoms with van der Waals surface area (Å²) in [5.41, 5.74) is 1.09. The number of hydrogen-bond donors (Lipinski definition) is 1. The van der Waals surface area contributed by atoms with Gasteiger partial charge in [0, 0.05) is 23.1 Å². The van der Waals surface area contributed by atoms with Gasteiger partial charge in [-0.3, -0.25) is 0 Å². The van der Waals surface area contributed by atoms with Gasteiger partial charge in [-0.1, -0.05) is 46.6 Å². The number of rotatable bonds is 6. The molecule has 16 heavy (non-hydrogen) atoms. The van der Waals surface area contributed by atoms with Gasteiger partial charge in [0.25, 0.3) is 0 Å². The number of ether oxygens (including phenoxy) is 1. The molecule has 84 valence electrons. The van der Waals surface area contributed by atoms with Crippen LogP contribution in [-0.4, -0.2) is 13.2 Å². The van der Waals surface area contributed by atoms with Gasteiger partial charge in [0.15, 0.2) is 0 Å². The van der Waals surface area contributed by atoms with Crippen molar-refractivity contribution in [2.75, 3.05) is 13.2 Å². The Balaban J connectivity index is 2.57. The fourth-order valence-corrected chi connectivity index (χ4v) is 1.44. The summed E-state index contributed by atoms with van der Waals surface area (Å²) >= 11 is 3.29. The zero-order valence-corrected chi connectivity index (χ0v) is 10.6. The van der Waals surface area contributed by atoms with Gasteiger partial charge in [-0.2, -0.15) is 0 Å². The molecule has 0 aliphatic heterocycles. The molecule has 0 aliphatic rings. The Morgan fingerprint density at radius 3 is 2.94 bits per heavy atom. The third kappa shape index (κ3) is 4.52. The zero-order valence-electron chi connectivity index (χ0n) is 9.00. The zero-order chi connectivity index (χ0) is 11.8. The Bertz CT molecular complexity index is 395. The number of nitrogens with one attached hydrogen (secondary N) is 1. The maximum atomic E-state index is 5.43. The van der Waals surface area contributed by atoms with Crippen LogP contribution in [0.25, 0.3) is 0 Å². The summed E-state index contributed by atoms with van der Waals surface area (Å²) in [7, 11) is 0. The fraction of sp³-hybridized carbons (Fsp3) is 0.231. The molecule has 0 amide bonds. The molecule has 0 atom stereocenters. The van der Waals surface area contributed by atoms with Crippen LogP contribution < -0.4 is 10.1 Å². The largest absolute Gasteiger partial charge is 0.481 e. The van der Waals surface area contributed by atoms with E-state index in [1.165, 1.54) is 0 Å². The minimum Gasteiger partial charge on any atom is -0.481 e. The van der Waals surface area contributed by atoms with Crippen LogP contribution in [0.2, 0.25) is 0 Å². The van der Waals surface area contributed by atoms with Crippen LogP contribution in [0.5, 0.6) is 5.75 Å². The van der Waals surface area contributed by atoms with Gasteiger partial charge in [0.2, 0.25) is 0 Å². The molecular formula is C13H14BrNO. The molecule has 0 radical (unpaired) electrons. The first-order valence-electron chi connectivity index (χ1n) is 4.92. The molecule has 0 unspecified atom stereocenters. The molecule has 0 saturated carbocycles. The minimum atomic E-state index is 0.294.